The zero-order valence-electron chi connectivity index (χ0n) is 12.8. The maximum Gasteiger partial charge on any atom is 0.304 e. The van der Waals surface area contributed by atoms with E-state index in [1.54, 1.807) is 6.92 Å². The molecule has 3 nitrogen and oxygen atoms in total. The summed E-state index contributed by atoms with van der Waals surface area (Å²) in [6.07, 6.45) is -0.0000626. The van der Waals surface area contributed by atoms with Crippen LogP contribution in [-0.4, -0.2) is 11.1 Å². The SMILES string of the molecule is CC#C[C@@H](CC(=O)O)c1ccc(OCc2ccc(Br)cc2)cc1. The number of aliphatic carboxylic acids is 1. The second-order valence-corrected chi connectivity index (χ2v) is 5.94. The summed E-state index contributed by atoms with van der Waals surface area (Å²) in [6.45, 7) is 2.20. The van der Waals surface area contributed by atoms with Crippen LogP contribution in [0.15, 0.2) is 53.0 Å². The fourth-order valence-electron chi connectivity index (χ4n) is 2.14. The largest absolute Gasteiger partial charge is 0.489 e. The molecule has 0 fully saturated rings. The average Bonchev–Trinajstić information content (AvgIpc) is 2.54. The molecule has 0 saturated carbocycles. The van der Waals surface area contributed by atoms with Crippen LogP contribution in [0.5, 0.6) is 5.75 Å². The van der Waals surface area contributed by atoms with E-state index in [-0.39, 0.29) is 12.3 Å². The lowest BCUT2D eigenvalue weighted by atomic mass is 9.96. The summed E-state index contributed by atoms with van der Waals surface area (Å²) in [4.78, 5) is 10.9. The van der Waals surface area contributed by atoms with Crippen molar-refractivity contribution in [3.63, 3.8) is 0 Å². The van der Waals surface area contributed by atoms with E-state index in [4.69, 9.17) is 9.84 Å². The summed E-state index contributed by atoms with van der Waals surface area (Å²) in [5.74, 6) is 5.32. The standard InChI is InChI=1S/C19H17BrO3/c1-2-3-16(12-19(21)22)15-6-10-18(11-7-15)23-13-14-4-8-17(20)9-5-14/h4-11,16H,12-13H2,1H3,(H,21,22)/t16-/m0/s1. The van der Waals surface area contributed by atoms with E-state index < -0.39 is 5.97 Å². The van der Waals surface area contributed by atoms with Crippen molar-refractivity contribution >= 4 is 21.9 Å². The molecule has 2 aromatic rings. The molecule has 0 radical (unpaired) electrons. The van der Waals surface area contributed by atoms with E-state index in [0.29, 0.717) is 6.61 Å². The van der Waals surface area contributed by atoms with Gasteiger partial charge in [-0.05, 0) is 42.3 Å². The van der Waals surface area contributed by atoms with Gasteiger partial charge in [-0.3, -0.25) is 4.79 Å². The lowest BCUT2D eigenvalue weighted by molar-refractivity contribution is -0.137. The van der Waals surface area contributed by atoms with Crippen LogP contribution in [0.2, 0.25) is 0 Å². The number of carboxylic acid groups (broad SMARTS) is 1. The quantitative estimate of drug-likeness (QED) is 0.753. The van der Waals surface area contributed by atoms with Crippen LogP contribution in [0.1, 0.15) is 30.4 Å². The normalized spacial score (nSPS) is 11.2. The molecule has 118 valence electrons. The zero-order chi connectivity index (χ0) is 16.7. The van der Waals surface area contributed by atoms with Crippen LogP contribution < -0.4 is 4.74 Å². The lowest BCUT2D eigenvalue weighted by Crippen LogP contribution is -2.04. The maximum absolute atomic E-state index is 10.9. The Morgan fingerprint density at radius 2 is 1.83 bits per heavy atom. The van der Waals surface area contributed by atoms with Crippen molar-refractivity contribution < 1.29 is 14.6 Å². The van der Waals surface area contributed by atoms with Gasteiger partial charge in [0.1, 0.15) is 12.4 Å². The molecule has 2 rings (SSSR count). The molecule has 1 N–H and O–H groups in total. The summed E-state index contributed by atoms with van der Waals surface area (Å²) in [7, 11) is 0. The first-order chi connectivity index (χ1) is 11.1. The molecule has 4 heteroatoms. The summed E-state index contributed by atoms with van der Waals surface area (Å²) in [5, 5.41) is 8.96. The van der Waals surface area contributed by atoms with Crippen LogP contribution in [0.4, 0.5) is 0 Å². The molecular formula is C19H17BrO3. The van der Waals surface area contributed by atoms with Crippen LogP contribution in [0, 0.1) is 11.8 Å². The maximum atomic E-state index is 10.9. The smallest absolute Gasteiger partial charge is 0.304 e. The van der Waals surface area contributed by atoms with Gasteiger partial charge in [0.25, 0.3) is 0 Å². The van der Waals surface area contributed by atoms with E-state index in [9.17, 15) is 4.79 Å². The third-order valence-corrected chi connectivity index (χ3v) is 3.83. The molecular weight excluding hydrogens is 356 g/mol. The van der Waals surface area contributed by atoms with Gasteiger partial charge < -0.3 is 9.84 Å². The number of halogens is 1. The number of carbonyl (C=O) groups is 1. The van der Waals surface area contributed by atoms with Crippen molar-refractivity contribution in [1.29, 1.82) is 0 Å². The highest BCUT2D eigenvalue weighted by Gasteiger charge is 2.13. The van der Waals surface area contributed by atoms with E-state index in [2.05, 4.69) is 27.8 Å². The van der Waals surface area contributed by atoms with Crippen molar-refractivity contribution in [3.05, 3.63) is 64.1 Å². The Kier molecular flexibility index (Phi) is 6.25. The monoisotopic (exact) mass is 372 g/mol. The molecule has 0 heterocycles. The first kappa shape index (κ1) is 17.1. The molecule has 2 aromatic carbocycles. The lowest BCUT2D eigenvalue weighted by Gasteiger charge is -2.11. The first-order valence-electron chi connectivity index (χ1n) is 7.19. The Hall–Kier alpha value is -2.25. The van der Waals surface area contributed by atoms with Gasteiger partial charge in [0.15, 0.2) is 0 Å². The van der Waals surface area contributed by atoms with Crippen LogP contribution >= 0.6 is 15.9 Å². The predicted octanol–water partition coefficient (Wildman–Crippen LogP) is 4.61. The number of hydrogen-bond acceptors (Lipinski definition) is 2. The van der Waals surface area contributed by atoms with Crippen molar-refractivity contribution in [1.82, 2.24) is 0 Å². The topological polar surface area (TPSA) is 46.5 Å². The fourth-order valence-corrected chi connectivity index (χ4v) is 2.41. The van der Waals surface area contributed by atoms with Crippen LogP contribution in [0.3, 0.4) is 0 Å². The zero-order valence-corrected chi connectivity index (χ0v) is 14.3. The van der Waals surface area contributed by atoms with Crippen molar-refractivity contribution in [2.24, 2.45) is 0 Å². The Balaban J connectivity index is 2.01. The molecule has 0 spiro atoms. The van der Waals surface area contributed by atoms with Crippen molar-refractivity contribution in [3.8, 4) is 17.6 Å². The fraction of sp³-hybridized carbons (Fsp3) is 0.211. The Labute approximate surface area is 144 Å². The number of ether oxygens (including phenoxy) is 1. The average molecular weight is 373 g/mol. The number of rotatable bonds is 6. The van der Waals surface area contributed by atoms with Crippen LogP contribution in [0.25, 0.3) is 0 Å². The minimum Gasteiger partial charge on any atom is -0.489 e. The third kappa shape index (κ3) is 5.46. The van der Waals surface area contributed by atoms with Crippen LogP contribution in [-0.2, 0) is 11.4 Å². The number of hydrogen-bond donors (Lipinski definition) is 1. The van der Waals surface area contributed by atoms with Gasteiger partial charge in [-0.15, -0.1) is 5.92 Å². The second kappa shape index (κ2) is 8.40. The van der Waals surface area contributed by atoms with Gasteiger partial charge >= 0.3 is 5.97 Å². The molecule has 0 aliphatic heterocycles. The minimum absolute atomic E-state index is 0.0000626. The van der Waals surface area contributed by atoms with Gasteiger partial charge in [0.2, 0.25) is 0 Å². The van der Waals surface area contributed by atoms with E-state index >= 15 is 0 Å². The highest BCUT2D eigenvalue weighted by atomic mass is 79.9. The molecule has 0 amide bonds. The molecule has 0 bridgehead atoms. The van der Waals surface area contributed by atoms with Gasteiger partial charge in [-0.1, -0.05) is 46.1 Å². The predicted molar refractivity (Wildman–Crippen MR) is 93.4 cm³/mol. The summed E-state index contributed by atoms with van der Waals surface area (Å²) >= 11 is 3.40. The highest BCUT2D eigenvalue weighted by molar-refractivity contribution is 9.10. The Bertz CT molecular complexity index is 709. The van der Waals surface area contributed by atoms with Gasteiger partial charge in [0, 0.05) is 4.47 Å². The summed E-state index contributed by atoms with van der Waals surface area (Å²) < 4.78 is 6.77. The molecule has 23 heavy (non-hydrogen) atoms. The molecule has 0 aromatic heterocycles. The highest BCUT2D eigenvalue weighted by Crippen LogP contribution is 2.23. The molecule has 1 atom stereocenters. The van der Waals surface area contributed by atoms with Gasteiger partial charge in [-0.25, -0.2) is 0 Å². The van der Waals surface area contributed by atoms with Gasteiger partial charge in [-0.2, -0.15) is 0 Å². The third-order valence-electron chi connectivity index (χ3n) is 3.30. The summed E-state index contributed by atoms with van der Waals surface area (Å²) in [6, 6.07) is 15.4. The molecule has 0 aliphatic rings. The summed E-state index contributed by atoms with van der Waals surface area (Å²) in [5.41, 5.74) is 1.97. The molecule has 0 aliphatic carbocycles. The minimum atomic E-state index is -0.853. The Morgan fingerprint density at radius 3 is 2.39 bits per heavy atom. The Morgan fingerprint density at radius 1 is 1.17 bits per heavy atom. The van der Waals surface area contributed by atoms with Crippen molar-refractivity contribution in [2.45, 2.75) is 25.9 Å². The second-order valence-electron chi connectivity index (χ2n) is 5.03. The molecule has 0 saturated heterocycles. The first-order valence-corrected chi connectivity index (χ1v) is 7.99. The van der Waals surface area contributed by atoms with Crippen molar-refractivity contribution in [2.75, 3.05) is 0 Å². The number of carboxylic acids is 1. The molecule has 0 unspecified atom stereocenters. The van der Waals surface area contributed by atoms with Gasteiger partial charge in [0.05, 0.1) is 12.3 Å². The number of benzene rings is 2. The van der Waals surface area contributed by atoms with E-state index in [0.717, 1.165) is 21.3 Å². The van der Waals surface area contributed by atoms with E-state index in [1.807, 2.05) is 48.5 Å². The van der Waals surface area contributed by atoms with E-state index in [1.165, 1.54) is 0 Å².